The maximum absolute atomic E-state index is 13.3. The van der Waals surface area contributed by atoms with Crippen molar-refractivity contribution in [2.24, 2.45) is 0 Å². The first-order chi connectivity index (χ1) is 23.7. The van der Waals surface area contributed by atoms with Crippen LogP contribution in [-0.2, 0) is 23.1 Å². The fraction of sp³-hybridized carbons (Fsp3) is 0.359. The number of hydrogen-bond acceptors (Lipinski definition) is 8. The van der Waals surface area contributed by atoms with E-state index in [2.05, 4.69) is 58.8 Å². The van der Waals surface area contributed by atoms with Gasteiger partial charge in [0.2, 0.25) is 17.7 Å². The van der Waals surface area contributed by atoms with E-state index in [9.17, 15) is 14.9 Å². The molecule has 2 aliphatic rings. The minimum absolute atomic E-state index is 0.0866. The number of amides is 2. The van der Waals surface area contributed by atoms with Crippen LogP contribution in [0.3, 0.4) is 0 Å². The summed E-state index contributed by atoms with van der Waals surface area (Å²) in [6.45, 7) is 8.98. The van der Waals surface area contributed by atoms with Gasteiger partial charge in [-0.1, -0.05) is 42.5 Å². The first kappa shape index (κ1) is 33.6. The maximum Gasteiger partial charge on any atom is 0.251 e. The van der Waals surface area contributed by atoms with Gasteiger partial charge < -0.3 is 25.3 Å². The first-order valence-electron chi connectivity index (χ1n) is 16.9. The molecular weight excluding hydrogens is 614 g/mol. The van der Waals surface area contributed by atoms with Crippen LogP contribution in [0.15, 0.2) is 71.7 Å². The molecule has 49 heavy (non-hydrogen) atoms. The van der Waals surface area contributed by atoms with E-state index in [-0.39, 0.29) is 30.4 Å². The Morgan fingerprint density at radius 1 is 1.02 bits per heavy atom. The minimum atomic E-state index is -0.934. The van der Waals surface area contributed by atoms with Crippen LogP contribution < -0.4 is 16.0 Å². The zero-order valence-corrected chi connectivity index (χ0v) is 28.6. The van der Waals surface area contributed by atoms with Gasteiger partial charge in [0.25, 0.3) is 5.91 Å². The van der Waals surface area contributed by atoms with Gasteiger partial charge in [0.1, 0.15) is 11.5 Å². The lowest BCUT2D eigenvalue weighted by molar-refractivity contribution is -0.130. The van der Waals surface area contributed by atoms with E-state index in [1.807, 2.05) is 56.4 Å². The molecule has 0 saturated carbocycles. The number of carbonyl (C=O) groups excluding carboxylic acids is 2. The van der Waals surface area contributed by atoms with Crippen molar-refractivity contribution in [3.8, 4) is 17.5 Å². The molecule has 10 heteroatoms. The zero-order chi connectivity index (χ0) is 34.7. The van der Waals surface area contributed by atoms with Crippen molar-refractivity contribution in [3.63, 3.8) is 0 Å². The smallest absolute Gasteiger partial charge is 0.251 e. The summed E-state index contributed by atoms with van der Waals surface area (Å²) in [6.07, 6.45) is 3.42. The molecule has 1 saturated heterocycles. The average molecular weight is 658 g/mol. The molecule has 1 aliphatic carbocycles. The maximum atomic E-state index is 13.3. The van der Waals surface area contributed by atoms with Gasteiger partial charge in [-0.15, -0.1) is 10.2 Å². The number of aromatic nitrogens is 2. The Bertz CT molecular complexity index is 1860. The molecule has 0 radical (unpaired) electrons. The summed E-state index contributed by atoms with van der Waals surface area (Å²) in [5, 5.41) is 28.3. The number of hydrogen-bond donors (Lipinski definition) is 3. The standard InChI is InChI=1S/C39H43N7O3/c1-24-8-10-27(11-9-24)37-44-45-38(49-37)39(21-25(2)43-23-35(47)46-18-6-7-32(46)22-40)33-16-14-28(26(3)41-4)19-29(33)12-13-30-20-31(36(48)42-5)15-17-34(30)39/h8-11,14-17,19-20,25,32,41,43H,3,6-7,12-13,18,21,23H2,1-2,4-5H3,(H,42,48)/t25-,32?,39?/m0/s1. The van der Waals surface area contributed by atoms with Crippen molar-refractivity contribution in [1.29, 1.82) is 5.26 Å². The summed E-state index contributed by atoms with van der Waals surface area (Å²) < 4.78 is 6.69. The minimum Gasteiger partial charge on any atom is -0.419 e. The first-order valence-corrected chi connectivity index (χ1v) is 16.9. The molecule has 10 nitrogen and oxygen atoms in total. The van der Waals surface area contributed by atoms with Gasteiger partial charge in [-0.25, -0.2) is 0 Å². The van der Waals surface area contributed by atoms with Gasteiger partial charge >= 0.3 is 0 Å². The highest BCUT2D eigenvalue weighted by Gasteiger charge is 2.47. The van der Waals surface area contributed by atoms with Crippen LogP contribution in [0, 0.1) is 18.3 Å². The van der Waals surface area contributed by atoms with E-state index in [1.165, 1.54) is 0 Å². The zero-order valence-electron chi connectivity index (χ0n) is 28.6. The van der Waals surface area contributed by atoms with Crippen molar-refractivity contribution in [2.45, 2.75) is 63.5 Å². The number of nitrogens with one attached hydrogen (secondary N) is 3. The Balaban J connectivity index is 1.50. The number of carbonyl (C=O) groups is 2. The molecule has 2 amide bonds. The lowest BCUT2D eigenvalue weighted by Gasteiger charge is -2.36. The molecule has 3 aromatic carbocycles. The monoisotopic (exact) mass is 657 g/mol. The van der Waals surface area contributed by atoms with Gasteiger partial charge in [0.15, 0.2) is 0 Å². The predicted molar refractivity (Wildman–Crippen MR) is 189 cm³/mol. The number of fused-ring (bicyclic) bond motifs is 2. The van der Waals surface area contributed by atoms with Crippen molar-refractivity contribution >= 4 is 17.5 Å². The van der Waals surface area contributed by atoms with E-state index in [1.54, 1.807) is 11.9 Å². The molecule has 2 heterocycles. The van der Waals surface area contributed by atoms with E-state index in [0.29, 0.717) is 43.2 Å². The summed E-state index contributed by atoms with van der Waals surface area (Å²) in [4.78, 5) is 27.8. The number of nitrogens with zero attached hydrogens (tertiary/aromatic N) is 4. The van der Waals surface area contributed by atoms with Crippen LogP contribution in [0.1, 0.15) is 75.8 Å². The molecule has 0 spiro atoms. The molecule has 1 aromatic heterocycles. The Morgan fingerprint density at radius 3 is 2.35 bits per heavy atom. The fourth-order valence-electron chi connectivity index (χ4n) is 7.31. The largest absolute Gasteiger partial charge is 0.419 e. The summed E-state index contributed by atoms with van der Waals surface area (Å²) in [7, 11) is 3.49. The number of nitriles is 1. The quantitative estimate of drug-likeness (QED) is 0.219. The second kappa shape index (κ2) is 14.1. The second-order valence-corrected chi connectivity index (χ2v) is 13.1. The summed E-state index contributed by atoms with van der Waals surface area (Å²) >= 11 is 0. The van der Waals surface area contributed by atoms with E-state index >= 15 is 0 Å². The number of rotatable bonds is 10. The second-order valence-electron chi connectivity index (χ2n) is 13.1. The highest BCUT2D eigenvalue weighted by molar-refractivity contribution is 5.94. The summed E-state index contributed by atoms with van der Waals surface area (Å²) in [5.41, 5.74) is 7.49. The molecule has 4 aromatic rings. The van der Waals surface area contributed by atoms with Crippen LogP contribution in [-0.4, -0.2) is 66.2 Å². The predicted octanol–water partition coefficient (Wildman–Crippen LogP) is 4.91. The molecule has 0 bridgehead atoms. The van der Waals surface area contributed by atoms with Gasteiger partial charge in [0.05, 0.1) is 12.6 Å². The van der Waals surface area contributed by atoms with Crippen LogP contribution in [0.2, 0.25) is 0 Å². The topological polar surface area (TPSA) is 136 Å². The Hall–Kier alpha value is -5.27. The third-order valence-electron chi connectivity index (χ3n) is 9.96. The van der Waals surface area contributed by atoms with E-state index < -0.39 is 5.41 Å². The van der Waals surface area contributed by atoms with Gasteiger partial charge in [-0.2, -0.15) is 5.26 Å². The fourth-order valence-corrected chi connectivity index (χ4v) is 7.31. The molecule has 6 rings (SSSR count). The van der Waals surface area contributed by atoms with E-state index in [4.69, 9.17) is 9.52 Å². The number of aryl methyl sites for hydroxylation is 3. The summed E-state index contributed by atoms with van der Waals surface area (Å²) in [5.74, 6) is 0.602. The van der Waals surface area contributed by atoms with Gasteiger partial charge in [0, 0.05) is 43.5 Å². The normalized spacial score (nSPS) is 18.8. The van der Waals surface area contributed by atoms with Crippen molar-refractivity contribution in [2.75, 3.05) is 27.2 Å². The lowest BCUT2D eigenvalue weighted by atomic mass is 9.68. The van der Waals surface area contributed by atoms with Crippen molar-refractivity contribution < 1.29 is 14.0 Å². The van der Waals surface area contributed by atoms with Crippen LogP contribution in [0.4, 0.5) is 0 Å². The molecule has 2 unspecified atom stereocenters. The van der Waals surface area contributed by atoms with Crippen molar-refractivity contribution in [1.82, 2.24) is 31.0 Å². The molecule has 1 aliphatic heterocycles. The van der Waals surface area contributed by atoms with Crippen LogP contribution in [0.25, 0.3) is 17.2 Å². The molecule has 1 fully saturated rings. The highest BCUT2D eigenvalue weighted by Crippen LogP contribution is 2.48. The van der Waals surface area contributed by atoms with Crippen LogP contribution in [0.5, 0.6) is 0 Å². The van der Waals surface area contributed by atoms with Gasteiger partial charge in [-0.05, 0) is 104 Å². The number of likely N-dealkylation sites (tertiary alicyclic amines) is 1. The molecule has 3 N–H and O–H groups in total. The highest BCUT2D eigenvalue weighted by atomic mass is 16.4. The Labute approximate surface area is 287 Å². The molecule has 252 valence electrons. The Morgan fingerprint density at radius 2 is 1.69 bits per heavy atom. The van der Waals surface area contributed by atoms with Gasteiger partial charge in [-0.3, -0.25) is 9.59 Å². The molecule has 3 atom stereocenters. The van der Waals surface area contributed by atoms with Crippen LogP contribution >= 0.6 is 0 Å². The summed E-state index contributed by atoms with van der Waals surface area (Å²) in [6, 6.07) is 21.9. The SMILES string of the molecule is C=C(NC)c1ccc2c(c1)CCc1cc(C(=O)NC)ccc1C2(C[C@H](C)NCC(=O)N1CCCC1C#N)c1nnc(-c2ccc(C)cc2)o1. The Kier molecular flexibility index (Phi) is 9.65. The van der Waals surface area contributed by atoms with E-state index in [0.717, 1.165) is 57.5 Å². The molecular formula is C39H43N7O3. The third kappa shape index (κ3) is 6.46. The van der Waals surface area contributed by atoms with Crippen molar-refractivity contribution in [3.05, 3.63) is 112 Å². The lowest BCUT2D eigenvalue weighted by Crippen LogP contribution is -2.45. The average Bonchev–Trinajstić information content (AvgIpc) is 3.80. The third-order valence-corrected chi connectivity index (χ3v) is 9.96. The number of benzene rings is 3.